The van der Waals surface area contributed by atoms with Crippen LogP contribution in [-0.2, 0) is 20.7 Å². The number of rotatable bonds is 10. The molecule has 2 aromatic rings. The normalized spacial score (nSPS) is 11.2. The maximum atomic E-state index is 12.0. The number of hydrogen-bond acceptors (Lipinski definition) is 5. The number of amides is 1. The fraction of sp³-hybridized carbons (Fsp3) is 0.292. The highest BCUT2D eigenvalue weighted by Crippen LogP contribution is 2.20. The molecule has 6 nitrogen and oxygen atoms in total. The molecule has 2 aromatic carbocycles. The van der Waals surface area contributed by atoms with E-state index < -0.39 is 11.6 Å². The van der Waals surface area contributed by atoms with Gasteiger partial charge in [0.25, 0.3) is 0 Å². The van der Waals surface area contributed by atoms with Gasteiger partial charge in [-0.2, -0.15) is 0 Å². The first kappa shape index (κ1) is 24.2. The maximum Gasteiger partial charge on any atom is 0.349 e. The third-order valence-electron chi connectivity index (χ3n) is 4.29. The van der Waals surface area contributed by atoms with E-state index in [1.807, 2.05) is 12.1 Å². The minimum absolute atomic E-state index is 0.270. The van der Waals surface area contributed by atoms with Gasteiger partial charge in [-0.25, -0.2) is 4.79 Å². The van der Waals surface area contributed by atoms with Crippen LogP contribution in [0.3, 0.4) is 0 Å². The Kier molecular flexibility index (Phi) is 8.82. The minimum atomic E-state index is -1.08. The van der Waals surface area contributed by atoms with Gasteiger partial charge in [0.2, 0.25) is 5.91 Å². The van der Waals surface area contributed by atoms with E-state index in [0.29, 0.717) is 35.9 Å². The van der Waals surface area contributed by atoms with Crippen LogP contribution >= 0.6 is 11.6 Å². The van der Waals surface area contributed by atoms with Gasteiger partial charge in [-0.1, -0.05) is 23.7 Å². The van der Waals surface area contributed by atoms with Gasteiger partial charge < -0.3 is 14.8 Å². The highest BCUT2D eigenvalue weighted by Gasteiger charge is 2.31. The number of carbonyl (C=O) groups excluding carboxylic acids is 3. The Morgan fingerprint density at radius 1 is 1.00 bits per heavy atom. The molecular formula is C24H26ClNO5. The largest absolute Gasteiger partial charge is 0.476 e. The Morgan fingerprint density at radius 2 is 1.65 bits per heavy atom. The van der Waals surface area contributed by atoms with Crippen molar-refractivity contribution in [3.05, 3.63) is 76.8 Å². The molecule has 0 unspecified atom stereocenters. The minimum Gasteiger partial charge on any atom is -0.476 e. The van der Waals surface area contributed by atoms with Crippen molar-refractivity contribution in [3.63, 3.8) is 0 Å². The summed E-state index contributed by atoms with van der Waals surface area (Å²) < 4.78 is 10.7. The summed E-state index contributed by atoms with van der Waals surface area (Å²) in [4.78, 5) is 35.8. The van der Waals surface area contributed by atoms with Crippen molar-refractivity contribution in [3.8, 4) is 5.75 Å². The van der Waals surface area contributed by atoms with E-state index in [9.17, 15) is 14.4 Å². The summed E-state index contributed by atoms with van der Waals surface area (Å²) in [5, 5.41) is 3.28. The van der Waals surface area contributed by atoms with Crippen LogP contribution in [0.4, 0.5) is 0 Å². The standard InChI is InChI=1S/C24H26ClNO5/c1-4-30-23(29)24(2,3)31-20-11-5-17(6-12-20)15-16-26-22(28)14-13-21(27)18-7-9-19(25)10-8-18/h5-14H,4,15-16H2,1-3H3,(H,26,28). The zero-order valence-electron chi connectivity index (χ0n) is 17.8. The Hall–Kier alpha value is -3.12. The van der Waals surface area contributed by atoms with Crippen molar-refractivity contribution in [2.45, 2.75) is 32.8 Å². The Balaban J connectivity index is 1.79. The molecule has 0 atom stereocenters. The van der Waals surface area contributed by atoms with E-state index >= 15 is 0 Å². The Labute approximate surface area is 187 Å². The van der Waals surface area contributed by atoms with E-state index in [2.05, 4.69) is 5.32 Å². The summed E-state index contributed by atoms with van der Waals surface area (Å²) in [6, 6.07) is 13.7. The van der Waals surface area contributed by atoms with Gasteiger partial charge in [-0.05, 0) is 75.2 Å². The second-order valence-electron chi connectivity index (χ2n) is 7.22. The molecule has 7 heteroatoms. The van der Waals surface area contributed by atoms with Crippen LogP contribution in [-0.4, -0.2) is 36.4 Å². The van der Waals surface area contributed by atoms with Crippen LogP contribution in [0.25, 0.3) is 0 Å². The Bertz CT molecular complexity index is 933. The molecule has 164 valence electrons. The van der Waals surface area contributed by atoms with Crippen molar-refractivity contribution >= 4 is 29.3 Å². The van der Waals surface area contributed by atoms with Crippen molar-refractivity contribution < 1.29 is 23.9 Å². The summed E-state index contributed by atoms with van der Waals surface area (Å²) in [7, 11) is 0. The predicted molar refractivity (Wildman–Crippen MR) is 119 cm³/mol. The molecule has 0 fully saturated rings. The van der Waals surface area contributed by atoms with Gasteiger partial charge in [0.1, 0.15) is 5.75 Å². The molecule has 1 amide bonds. The lowest BCUT2D eigenvalue weighted by Gasteiger charge is -2.24. The van der Waals surface area contributed by atoms with Crippen LogP contribution in [0.15, 0.2) is 60.7 Å². The third-order valence-corrected chi connectivity index (χ3v) is 4.54. The SMILES string of the molecule is CCOC(=O)C(C)(C)Oc1ccc(CCNC(=O)C=CC(=O)c2ccc(Cl)cc2)cc1. The number of ether oxygens (including phenoxy) is 2. The quantitative estimate of drug-likeness (QED) is 0.339. The number of carbonyl (C=O) groups is 3. The number of benzene rings is 2. The molecule has 0 aromatic heterocycles. The second kappa shape index (κ2) is 11.3. The first-order valence-electron chi connectivity index (χ1n) is 9.92. The van der Waals surface area contributed by atoms with E-state index in [-0.39, 0.29) is 11.7 Å². The van der Waals surface area contributed by atoms with Crippen LogP contribution in [0.5, 0.6) is 5.75 Å². The van der Waals surface area contributed by atoms with E-state index in [4.69, 9.17) is 21.1 Å². The molecule has 1 N–H and O–H groups in total. The second-order valence-corrected chi connectivity index (χ2v) is 7.66. The zero-order valence-corrected chi connectivity index (χ0v) is 18.6. The fourth-order valence-electron chi connectivity index (χ4n) is 2.62. The smallest absolute Gasteiger partial charge is 0.349 e. The molecule has 0 spiro atoms. The lowest BCUT2D eigenvalue weighted by atomic mass is 10.1. The van der Waals surface area contributed by atoms with Gasteiger partial charge in [-0.15, -0.1) is 0 Å². The van der Waals surface area contributed by atoms with Crippen LogP contribution < -0.4 is 10.1 Å². The summed E-state index contributed by atoms with van der Waals surface area (Å²) in [6.07, 6.45) is 3.05. The molecule has 0 aliphatic heterocycles. The molecule has 0 radical (unpaired) electrons. The molecule has 0 aliphatic rings. The topological polar surface area (TPSA) is 81.7 Å². The Morgan fingerprint density at radius 3 is 2.26 bits per heavy atom. The summed E-state index contributed by atoms with van der Waals surface area (Å²) in [6.45, 7) is 5.75. The van der Waals surface area contributed by atoms with E-state index in [0.717, 1.165) is 5.56 Å². The lowest BCUT2D eigenvalue weighted by molar-refractivity contribution is -0.158. The van der Waals surface area contributed by atoms with Gasteiger partial charge in [-0.3, -0.25) is 9.59 Å². The number of halogens is 1. The predicted octanol–water partition coefficient (Wildman–Crippen LogP) is 4.16. The number of allylic oxidation sites excluding steroid dienone is 1. The molecule has 0 saturated heterocycles. The average molecular weight is 444 g/mol. The van der Waals surface area contributed by atoms with E-state index in [1.165, 1.54) is 12.2 Å². The lowest BCUT2D eigenvalue weighted by Crippen LogP contribution is -2.39. The summed E-state index contributed by atoms with van der Waals surface area (Å²) in [5.74, 6) is -0.495. The maximum absolute atomic E-state index is 12.0. The van der Waals surface area contributed by atoms with Crippen molar-refractivity contribution in [2.24, 2.45) is 0 Å². The van der Waals surface area contributed by atoms with Gasteiger partial charge in [0.15, 0.2) is 11.4 Å². The van der Waals surface area contributed by atoms with Crippen molar-refractivity contribution in [1.82, 2.24) is 5.32 Å². The molecule has 31 heavy (non-hydrogen) atoms. The fourth-order valence-corrected chi connectivity index (χ4v) is 2.74. The molecule has 0 aliphatic carbocycles. The molecule has 0 heterocycles. The number of esters is 1. The van der Waals surface area contributed by atoms with Crippen LogP contribution in [0.1, 0.15) is 36.7 Å². The summed E-state index contributed by atoms with van der Waals surface area (Å²) in [5.41, 5.74) is 0.367. The molecular weight excluding hydrogens is 418 g/mol. The third kappa shape index (κ3) is 7.90. The highest BCUT2D eigenvalue weighted by molar-refractivity contribution is 6.30. The number of ketones is 1. The van der Waals surface area contributed by atoms with Crippen molar-refractivity contribution in [1.29, 1.82) is 0 Å². The first-order chi connectivity index (χ1) is 14.7. The monoisotopic (exact) mass is 443 g/mol. The van der Waals surface area contributed by atoms with Crippen LogP contribution in [0, 0.1) is 0 Å². The number of hydrogen-bond donors (Lipinski definition) is 1. The number of nitrogens with one attached hydrogen (secondary N) is 1. The zero-order chi connectivity index (χ0) is 22.9. The van der Waals surface area contributed by atoms with Crippen molar-refractivity contribution in [2.75, 3.05) is 13.2 Å². The summed E-state index contributed by atoms with van der Waals surface area (Å²) >= 11 is 5.79. The average Bonchev–Trinajstić information content (AvgIpc) is 2.73. The van der Waals surface area contributed by atoms with E-state index in [1.54, 1.807) is 57.2 Å². The van der Waals surface area contributed by atoms with Crippen LogP contribution in [0.2, 0.25) is 5.02 Å². The highest BCUT2D eigenvalue weighted by atomic mass is 35.5. The van der Waals surface area contributed by atoms with Gasteiger partial charge >= 0.3 is 5.97 Å². The first-order valence-corrected chi connectivity index (χ1v) is 10.3. The molecule has 0 bridgehead atoms. The molecule has 0 saturated carbocycles. The van der Waals surface area contributed by atoms with Gasteiger partial charge in [0, 0.05) is 23.2 Å². The van der Waals surface area contributed by atoms with Gasteiger partial charge in [0.05, 0.1) is 6.61 Å². The molecule has 2 rings (SSSR count).